The highest BCUT2D eigenvalue weighted by Gasteiger charge is 2.48. The van der Waals surface area contributed by atoms with E-state index in [4.69, 9.17) is 0 Å². The predicted octanol–water partition coefficient (Wildman–Crippen LogP) is 2.64. The normalized spacial score (nSPS) is 21.9. The largest absolute Gasteiger partial charge is 0.479 e. The summed E-state index contributed by atoms with van der Waals surface area (Å²) in [5, 5.41) is 10.5. The predicted molar refractivity (Wildman–Crippen MR) is 79.2 cm³/mol. The molecule has 1 aromatic heterocycles. The van der Waals surface area contributed by atoms with Crippen LogP contribution in [-0.2, 0) is 4.79 Å². The van der Waals surface area contributed by atoms with Crippen molar-refractivity contribution in [3.05, 3.63) is 36.0 Å². The molecule has 5 heteroatoms. The summed E-state index contributed by atoms with van der Waals surface area (Å²) in [6.45, 7) is 2.32. The van der Waals surface area contributed by atoms with Gasteiger partial charge in [0.05, 0.1) is 0 Å². The number of hydrogen-bond donors (Lipinski definition) is 2. The number of carbonyl (C=O) groups is 2. The van der Waals surface area contributed by atoms with Gasteiger partial charge >= 0.3 is 5.97 Å². The average molecular weight is 286 g/mol. The Labute approximate surface area is 122 Å². The molecule has 0 bridgehead atoms. The first kappa shape index (κ1) is 13.7. The molecular weight excluding hydrogens is 268 g/mol. The third kappa shape index (κ3) is 2.00. The lowest BCUT2D eigenvalue weighted by Crippen LogP contribution is -2.52. The monoisotopic (exact) mass is 286 g/mol. The third-order valence-corrected chi connectivity index (χ3v) is 4.48. The fourth-order valence-electron chi connectivity index (χ4n) is 3.25. The summed E-state index contributed by atoms with van der Waals surface area (Å²) in [6.07, 6.45) is 1.67. The number of nitrogens with zero attached hydrogens (tertiary/aromatic N) is 1. The van der Waals surface area contributed by atoms with E-state index in [0.29, 0.717) is 25.1 Å². The zero-order valence-electron chi connectivity index (χ0n) is 11.9. The molecule has 3 rings (SSSR count). The van der Waals surface area contributed by atoms with Crippen molar-refractivity contribution >= 4 is 22.8 Å². The number of H-pyrrole nitrogens is 1. The first-order chi connectivity index (χ1) is 10.1. The second-order valence-electron chi connectivity index (χ2n) is 5.52. The SMILES string of the molecule is CCC1(C(=O)O)CCCN1C(=O)c1cc2ccccc2[nH]1. The van der Waals surface area contributed by atoms with Gasteiger partial charge in [-0.05, 0) is 31.4 Å². The van der Waals surface area contributed by atoms with E-state index in [2.05, 4.69) is 4.98 Å². The van der Waals surface area contributed by atoms with Gasteiger partial charge in [0.25, 0.3) is 5.91 Å². The van der Waals surface area contributed by atoms with E-state index < -0.39 is 11.5 Å². The quantitative estimate of drug-likeness (QED) is 0.911. The molecule has 0 radical (unpaired) electrons. The molecule has 0 spiro atoms. The van der Waals surface area contributed by atoms with E-state index in [9.17, 15) is 14.7 Å². The van der Waals surface area contributed by atoms with Crippen molar-refractivity contribution in [1.82, 2.24) is 9.88 Å². The van der Waals surface area contributed by atoms with Crippen molar-refractivity contribution in [3.8, 4) is 0 Å². The van der Waals surface area contributed by atoms with Crippen LogP contribution in [0.15, 0.2) is 30.3 Å². The maximum atomic E-state index is 12.7. The minimum Gasteiger partial charge on any atom is -0.479 e. The van der Waals surface area contributed by atoms with Crippen LogP contribution in [0, 0.1) is 0 Å². The van der Waals surface area contributed by atoms with E-state index >= 15 is 0 Å². The fourth-order valence-corrected chi connectivity index (χ4v) is 3.25. The van der Waals surface area contributed by atoms with Gasteiger partial charge in [-0.2, -0.15) is 0 Å². The molecule has 2 aromatic rings. The van der Waals surface area contributed by atoms with Crippen LogP contribution in [0.2, 0.25) is 0 Å². The number of aliphatic carboxylic acids is 1. The lowest BCUT2D eigenvalue weighted by Gasteiger charge is -2.33. The number of aromatic amines is 1. The van der Waals surface area contributed by atoms with Gasteiger partial charge in [0.15, 0.2) is 0 Å². The molecule has 1 fully saturated rings. The molecule has 5 nitrogen and oxygen atoms in total. The van der Waals surface area contributed by atoms with Gasteiger partial charge in [0, 0.05) is 17.4 Å². The van der Waals surface area contributed by atoms with Gasteiger partial charge in [-0.25, -0.2) is 4.79 Å². The number of benzene rings is 1. The van der Waals surface area contributed by atoms with Crippen molar-refractivity contribution in [2.24, 2.45) is 0 Å². The first-order valence-electron chi connectivity index (χ1n) is 7.21. The van der Waals surface area contributed by atoms with E-state index in [0.717, 1.165) is 17.3 Å². The van der Waals surface area contributed by atoms with Crippen molar-refractivity contribution in [2.45, 2.75) is 31.7 Å². The summed E-state index contributed by atoms with van der Waals surface area (Å²) >= 11 is 0. The summed E-state index contributed by atoms with van der Waals surface area (Å²) in [7, 11) is 0. The number of likely N-dealkylation sites (tertiary alicyclic amines) is 1. The number of carboxylic acids is 1. The van der Waals surface area contributed by atoms with Crippen LogP contribution in [0.4, 0.5) is 0 Å². The van der Waals surface area contributed by atoms with Crippen molar-refractivity contribution in [3.63, 3.8) is 0 Å². The summed E-state index contributed by atoms with van der Waals surface area (Å²) in [5.74, 6) is -1.14. The maximum Gasteiger partial charge on any atom is 0.329 e. The molecule has 1 unspecified atom stereocenters. The van der Waals surface area contributed by atoms with Crippen molar-refractivity contribution in [2.75, 3.05) is 6.54 Å². The average Bonchev–Trinajstić information content (AvgIpc) is 3.10. The van der Waals surface area contributed by atoms with Crippen LogP contribution >= 0.6 is 0 Å². The molecule has 1 aromatic carbocycles. The van der Waals surface area contributed by atoms with E-state index in [1.165, 1.54) is 4.90 Å². The Morgan fingerprint density at radius 1 is 1.38 bits per heavy atom. The van der Waals surface area contributed by atoms with Crippen LogP contribution in [0.3, 0.4) is 0 Å². The number of aromatic nitrogens is 1. The minimum atomic E-state index is -1.06. The molecule has 0 aliphatic carbocycles. The maximum absolute atomic E-state index is 12.7. The molecular formula is C16H18N2O3. The number of amides is 1. The van der Waals surface area contributed by atoms with Gasteiger partial charge in [-0.1, -0.05) is 25.1 Å². The Hall–Kier alpha value is -2.30. The van der Waals surface area contributed by atoms with Gasteiger partial charge in [0.1, 0.15) is 11.2 Å². The van der Waals surface area contributed by atoms with E-state index in [-0.39, 0.29) is 5.91 Å². The van der Waals surface area contributed by atoms with Gasteiger partial charge in [-0.15, -0.1) is 0 Å². The highest BCUT2D eigenvalue weighted by molar-refractivity contribution is 6.00. The molecule has 2 heterocycles. The summed E-state index contributed by atoms with van der Waals surface area (Å²) in [5.41, 5.74) is 0.281. The summed E-state index contributed by atoms with van der Waals surface area (Å²) in [6, 6.07) is 9.43. The molecule has 1 saturated heterocycles. The second kappa shape index (κ2) is 4.91. The molecule has 110 valence electrons. The smallest absolute Gasteiger partial charge is 0.329 e. The number of fused-ring (bicyclic) bond motifs is 1. The minimum absolute atomic E-state index is 0.229. The van der Waals surface area contributed by atoms with Crippen LogP contribution in [0.1, 0.15) is 36.7 Å². The number of hydrogen-bond acceptors (Lipinski definition) is 2. The van der Waals surface area contributed by atoms with Gasteiger partial charge < -0.3 is 15.0 Å². The third-order valence-electron chi connectivity index (χ3n) is 4.48. The highest BCUT2D eigenvalue weighted by atomic mass is 16.4. The van der Waals surface area contributed by atoms with Crippen LogP contribution in [0.25, 0.3) is 10.9 Å². The Morgan fingerprint density at radius 3 is 2.81 bits per heavy atom. The lowest BCUT2D eigenvalue weighted by molar-refractivity contribution is -0.148. The lowest BCUT2D eigenvalue weighted by atomic mass is 9.93. The zero-order valence-corrected chi connectivity index (χ0v) is 11.9. The number of carboxylic acid groups (broad SMARTS) is 1. The molecule has 1 aliphatic heterocycles. The standard InChI is InChI=1S/C16H18N2O3/c1-2-16(15(20)21)8-5-9-18(16)14(19)13-10-11-6-3-4-7-12(11)17-13/h3-4,6-7,10,17H,2,5,8-9H2,1H3,(H,20,21). The van der Waals surface area contributed by atoms with Crippen molar-refractivity contribution in [1.29, 1.82) is 0 Å². The van der Waals surface area contributed by atoms with Gasteiger partial charge in [0.2, 0.25) is 0 Å². The van der Waals surface area contributed by atoms with Crippen LogP contribution in [0.5, 0.6) is 0 Å². The zero-order chi connectivity index (χ0) is 15.0. The highest BCUT2D eigenvalue weighted by Crippen LogP contribution is 2.34. The number of carbonyl (C=O) groups excluding carboxylic acids is 1. The molecule has 21 heavy (non-hydrogen) atoms. The number of nitrogens with one attached hydrogen (secondary N) is 1. The Kier molecular flexibility index (Phi) is 3.20. The second-order valence-corrected chi connectivity index (χ2v) is 5.52. The summed E-state index contributed by atoms with van der Waals surface area (Å²) < 4.78 is 0. The van der Waals surface area contributed by atoms with Gasteiger partial charge in [-0.3, -0.25) is 4.79 Å². The topological polar surface area (TPSA) is 73.4 Å². The van der Waals surface area contributed by atoms with E-state index in [1.54, 1.807) is 6.07 Å². The fraction of sp³-hybridized carbons (Fsp3) is 0.375. The molecule has 1 atom stereocenters. The number of rotatable bonds is 3. The van der Waals surface area contributed by atoms with Crippen LogP contribution < -0.4 is 0 Å². The molecule has 2 N–H and O–H groups in total. The van der Waals surface area contributed by atoms with Crippen LogP contribution in [-0.4, -0.2) is 39.0 Å². The van der Waals surface area contributed by atoms with Crippen molar-refractivity contribution < 1.29 is 14.7 Å². The molecule has 0 saturated carbocycles. The summed E-state index contributed by atoms with van der Waals surface area (Å²) in [4.78, 5) is 29.0. The Bertz CT molecular complexity index is 673. The first-order valence-corrected chi connectivity index (χ1v) is 7.21. The molecule has 1 aliphatic rings. The van der Waals surface area contributed by atoms with E-state index in [1.807, 2.05) is 31.2 Å². The Balaban J connectivity index is 1.99. The number of para-hydroxylation sites is 1. The molecule has 1 amide bonds. The Morgan fingerprint density at radius 2 is 2.14 bits per heavy atom.